The van der Waals surface area contributed by atoms with Crippen LogP contribution in [-0.2, 0) is 11.2 Å². The minimum atomic E-state index is -0.355. The van der Waals surface area contributed by atoms with E-state index in [1.54, 1.807) is 6.08 Å². The monoisotopic (exact) mass is 366 g/mol. The van der Waals surface area contributed by atoms with Crippen LogP contribution >= 0.6 is 11.6 Å². The van der Waals surface area contributed by atoms with Gasteiger partial charge in [0.15, 0.2) is 0 Å². The van der Waals surface area contributed by atoms with Gasteiger partial charge in [-0.15, -0.1) is 0 Å². The molecule has 0 unspecified atom stereocenters. The van der Waals surface area contributed by atoms with Gasteiger partial charge in [0.1, 0.15) is 11.6 Å². The lowest BCUT2D eigenvalue weighted by atomic mass is 9.91. The van der Waals surface area contributed by atoms with E-state index in [0.29, 0.717) is 0 Å². The second-order valence-corrected chi connectivity index (χ2v) is 6.65. The Morgan fingerprint density at radius 1 is 1.35 bits per heavy atom. The summed E-state index contributed by atoms with van der Waals surface area (Å²) >= 11 is 6.03. The Morgan fingerprint density at radius 3 is 2.77 bits per heavy atom. The molecule has 4 heteroatoms. The number of amides is 1. The Morgan fingerprint density at radius 2 is 2.12 bits per heavy atom. The average molecular weight is 367 g/mol. The summed E-state index contributed by atoms with van der Waals surface area (Å²) in [4.78, 5) is 12.5. The maximum absolute atomic E-state index is 12.5. The van der Waals surface area contributed by atoms with Crippen molar-refractivity contribution in [2.24, 2.45) is 0 Å². The summed E-state index contributed by atoms with van der Waals surface area (Å²) in [5, 5.41) is 13.0. The van der Waals surface area contributed by atoms with E-state index >= 15 is 0 Å². The molecule has 0 saturated carbocycles. The van der Waals surface area contributed by atoms with Crippen LogP contribution in [0.1, 0.15) is 38.3 Å². The van der Waals surface area contributed by atoms with Crippen molar-refractivity contribution in [3.05, 3.63) is 75.4 Å². The second kappa shape index (κ2) is 9.22. The van der Waals surface area contributed by atoms with Crippen molar-refractivity contribution < 1.29 is 4.79 Å². The molecule has 0 radical (unpaired) electrons. The van der Waals surface area contributed by atoms with Crippen LogP contribution in [-0.4, -0.2) is 11.9 Å². The molecule has 0 aromatic heterocycles. The van der Waals surface area contributed by atoms with Crippen LogP contribution in [0.15, 0.2) is 59.2 Å². The van der Waals surface area contributed by atoms with E-state index in [2.05, 4.69) is 5.32 Å². The van der Waals surface area contributed by atoms with Gasteiger partial charge in [-0.05, 0) is 74.1 Å². The summed E-state index contributed by atoms with van der Waals surface area (Å²) in [6, 6.07) is 7.65. The lowest BCUT2D eigenvalue weighted by molar-refractivity contribution is -0.117. The number of nitriles is 1. The zero-order chi connectivity index (χ0) is 19.1. The first-order valence-corrected chi connectivity index (χ1v) is 9.06. The van der Waals surface area contributed by atoms with Crippen LogP contribution in [0.5, 0.6) is 0 Å². The fourth-order valence-electron chi connectivity index (χ4n) is 2.97. The summed E-state index contributed by atoms with van der Waals surface area (Å²) in [5.41, 5.74) is 4.37. The van der Waals surface area contributed by atoms with Gasteiger partial charge in [-0.25, -0.2) is 0 Å². The topological polar surface area (TPSA) is 52.9 Å². The van der Waals surface area contributed by atoms with Crippen molar-refractivity contribution in [2.75, 3.05) is 0 Å². The number of allylic oxidation sites excluding steroid dienone is 4. The van der Waals surface area contributed by atoms with E-state index in [4.69, 9.17) is 11.6 Å². The molecule has 134 valence electrons. The highest BCUT2D eigenvalue weighted by Gasteiger charge is 2.16. The minimum Gasteiger partial charge on any atom is -0.345 e. The van der Waals surface area contributed by atoms with E-state index in [-0.39, 0.29) is 17.5 Å². The van der Waals surface area contributed by atoms with Crippen molar-refractivity contribution in [1.29, 1.82) is 5.26 Å². The van der Waals surface area contributed by atoms with Gasteiger partial charge in [-0.2, -0.15) is 5.26 Å². The Balaban J connectivity index is 2.19. The van der Waals surface area contributed by atoms with Gasteiger partial charge in [0.2, 0.25) is 0 Å². The predicted molar refractivity (Wildman–Crippen MR) is 108 cm³/mol. The van der Waals surface area contributed by atoms with Gasteiger partial charge < -0.3 is 5.32 Å². The largest absolute Gasteiger partial charge is 0.345 e. The van der Waals surface area contributed by atoms with Crippen molar-refractivity contribution in [2.45, 2.75) is 39.7 Å². The Hall–Kier alpha value is -2.57. The lowest BCUT2D eigenvalue weighted by Gasteiger charge is -2.16. The maximum Gasteiger partial charge on any atom is 0.262 e. The first-order chi connectivity index (χ1) is 12.5. The third kappa shape index (κ3) is 4.97. The van der Waals surface area contributed by atoms with Crippen molar-refractivity contribution >= 4 is 23.6 Å². The lowest BCUT2D eigenvalue weighted by Crippen LogP contribution is -2.34. The van der Waals surface area contributed by atoms with Gasteiger partial charge >= 0.3 is 0 Å². The molecule has 0 heterocycles. The van der Waals surface area contributed by atoms with E-state index in [9.17, 15) is 10.1 Å². The molecule has 1 aliphatic rings. The molecular formula is C22H23ClN2O. The molecule has 0 fully saturated rings. The number of halogens is 1. The van der Waals surface area contributed by atoms with Crippen LogP contribution in [0.2, 0.25) is 5.02 Å². The second-order valence-electron chi connectivity index (χ2n) is 6.22. The highest BCUT2D eigenvalue weighted by molar-refractivity contribution is 6.30. The number of nitrogens with one attached hydrogen (secondary N) is 1. The van der Waals surface area contributed by atoms with E-state index < -0.39 is 0 Å². The van der Waals surface area contributed by atoms with Gasteiger partial charge in [0.05, 0.1) is 6.04 Å². The molecular weight excluding hydrogens is 344 g/mol. The fraction of sp³-hybridized carbons (Fsp3) is 0.273. The Bertz CT molecular complexity index is 853. The summed E-state index contributed by atoms with van der Waals surface area (Å²) in [7, 11) is 0. The maximum atomic E-state index is 12.5. The van der Waals surface area contributed by atoms with Crippen LogP contribution in [0, 0.1) is 11.3 Å². The number of carbonyl (C=O) groups is 1. The normalized spacial score (nSPS) is 15.9. The highest BCUT2D eigenvalue weighted by atomic mass is 35.5. The van der Waals surface area contributed by atoms with Crippen LogP contribution in [0.3, 0.4) is 0 Å². The predicted octanol–water partition coefficient (Wildman–Crippen LogP) is 5.15. The van der Waals surface area contributed by atoms with Crippen LogP contribution < -0.4 is 5.32 Å². The number of hydrogen-bond donors (Lipinski definition) is 1. The highest BCUT2D eigenvalue weighted by Crippen LogP contribution is 2.27. The molecule has 1 N–H and O–H groups in total. The standard InChI is InChI=1S/C22H23ClN2O/c1-4-6-17(5-2)15(3)25-22(26)20(14-24)12-16-7-8-19-13-21(23)10-9-18(19)11-16/h4-6,9-13,15H,7-8H2,1-3H3,(H,25,26)/b6-4-,17-5+,20-12+/t15-/m1/s1. The number of nitrogens with zero attached hydrogens (tertiary/aromatic N) is 1. The molecule has 2 rings (SSSR count). The molecule has 1 amide bonds. The third-order valence-electron chi connectivity index (χ3n) is 4.36. The van der Waals surface area contributed by atoms with Gasteiger partial charge in [-0.3, -0.25) is 4.79 Å². The number of benzene rings is 1. The molecule has 26 heavy (non-hydrogen) atoms. The number of hydrogen-bond acceptors (Lipinski definition) is 2. The molecule has 1 aromatic carbocycles. The Labute approximate surface area is 160 Å². The van der Waals surface area contributed by atoms with Crippen molar-refractivity contribution in [3.8, 4) is 6.07 Å². The molecule has 0 aliphatic heterocycles. The zero-order valence-corrected chi connectivity index (χ0v) is 16.1. The third-order valence-corrected chi connectivity index (χ3v) is 4.60. The molecule has 1 atom stereocenters. The molecule has 1 aliphatic carbocycles. The minimum absolute atomic E-state index is 0.122. The average Bonchev–Trinajstić information content (AvgIpc) is 2.63. The van der Waals surface area contributed by atoms with Gasteiger partial charge in [-0.1, -0.05) is 42.0 Å². The van der Waals surface area contributed by atoms with Crippen LogP contribution in [0.25, 0.3) is 6.08 Å². The summed E-state index contributed by atoms with van der Waals surface area (Å²) in [5.74, 6) is -0.355. The molecule has 1 aromatic rings. The zero-order valence-electron chi connectivity index (χ0n) is 15.3. The number of fused-ring (bicyclic) bond motifs is 1. The fourth-order valence-corrected chi connectivity index (χ4v) is 3.17. The number of rotatable bonds is 5. The SMILES string of the molecule is C/C=C\C(=C/C)[C@@H](C)NC(=O)/C(C#N)=C/C1=Cc2ccc(Cl)cc2CC1. The molecule has 0 bridgehead atoms. The number of carbonyl (C=O) groups excluding carboxylic acids is 1. The first-order valence-electron chi connectivity index (χ1n) is 8.69. The van der Waals surface area contributed by atoms with E-state index in [1.807, 2.05) is 69.3 Å². The van der Waals surface area contributed by atoms with Crippen molar-refractivity contribution in [1.82, 2.24) is 5.32 Å². The molecule has 3 nitrogen and oxygen atoms in total. The van der Waals surface area contributed by atoms with E-state index in [0.717, 1.165) is 34.6 Å². The molecule has 0 spiro atoms. The smallest absolute Gasteiger partial charge is 0.262 e. The van der Waals surface area contributed by atoms with E-state index in [1.165, 1.54) is 5.56 Å². The summed E-state index contributed by atoms with van der Waals surface area (Å²) in [6.45, 7) is 5.76. The quantitative estimate of drug-likeness (QED) is 0.445. The van der Waals surface area contributed by atoms with Crippen molar-refractivity contribution in [3.63, 3.8) is 0 Å². The Kier molecular flexibility index (Phi) is 7.00. The molecule has 0 saturated heterocycles. The van der Waals surface area contributed by atoms with Gasteiger partial charge in [0, 0.05) is 5.02 Å². The number of aryl methyl sites for hydroxylation is 1. The summed E-state index contributed by atoms with van der Waals surface area (Å²) < 4.78 is 0. The summed E-state index contributed by atoms with van der Waals surface area (Å²) in [6.07, 6.45) is 11.2. The van der Waals surface area contributed by atoms with Crippen LogP contribution in [0.4, 0.5) is 0 Å². The van der Waals surface area contributed by atoms with Gasteiger partial charge in [0.25, 0.3) is 5.91 Å². The first kappa shape index (κ1) is 19.8.